The molecule has 0 fully saturated rings. The first kappa shape index (κ1) is 20.2. The maximum absolute atomic E-state index is 12.4. The summed E-state index contributed by atoms with van der Waals surface area (Å²) in [6.45, 7) is 5.14. The van der Waals surface area contributed by atoms with Crippen LogP contribution < -0.4 is 5.32 Å². The smallest absolute Gasteiger partial charge is 0.257 e. The van der Waals surface area contributed by atoms with Crippen LogP contribution in [0.2, 0.25) is 5.02 Å². The SMILES string of the molecule is CCN(CC)C(=O)c1cccc(NC(=O)CSc2nc3ccc(Cl)cc3o2)c1. The predicted molar refractivity (Wildman–Crippen MR) is 112 cm³/mol. The van der Waals surface area contributed by atoms with Gasteiger partial charge in [0.25, 0.3) is 11.1 Å². The summed E-state index contributed by atoms with van der Waals surface area (Å²) in [4.78, 5) is 30.8. The van der Waals surface area contributed by atoms with Crippen molar-refractivity contribution in [2.45, 2.75) is 19.1 Å². The molecule has 0 bridgehead atoms. The zero-order valence-corrected chi connectivity index (χ0v) is 17.1. The Morgan fingerprint density at radius 2 is 1.96 bits per heavy atom. The molecule has 28 heavy (non-hydrogen) atoms. The van der Waals surface area contributed by atoms with Crippen molar-refractivity contribution in [3.63, 3.8) is 0 Å². The summed E-state index contributed by atoms with van der Waals surface area (Å²) in [6, 6.07) is 12.1. The fourth-order valence-corrected chi connectivity index (χ4v) is 3.49. The minimum atomic E-state index is -0.210. The van der Waals surface area contributed by atoms with Crippen LogP contribution in [0, 0.1) is 0 Å². The highest BCUT2D eigenvalue weighted by Gasteiger charge is 2.14. The molecule has 1 aromatic heterocycles. The van der Waals surface area contributed by atoms with Gasteiger partial charge in [-0.2, -0.15) is 0 Å². The van der Waals surface area contributed by atoms with Gasteiger partial charge in [0.1, 0.15) is 5.52 Å². The van der Waals surface area contributed by atoms with Crippen molar-refractivity contribution in [3.8, 4) is 0 Å². The number of aromatic nitrogens is 1. The van der Waals surface area contributed by atoms with Crippen molar-refractivity contribution >= 4 is 52.0 Å². The number of hydrogen-bond donors (Lipinski definition) is 1. The lowest BCUT2D eigenvalue weighted by atomic mass is 10.1. The molecule has 0 aliphatic rings. The molecule has 0 saturated heterocycles. The van der Waals surface area contributed by atoms with Crippen LogP contribution in [-0.2, 0) is 4.79 Å². The molecule has 1 heterocycles. The average molecular weight is 418 g/mol. The lowest BCUT2D eigenvalue weighted by Crippen LogP contribution is -2.30. The lowest BCUT2D eigenvalue weighted by Gasteiger charge is -2.19. The second-order valence-corrected chi connectivity index (χ2v) is 7.35. The van der Waals surface area contributed by atoms with Gasteiger partial charge in [0.05, 0.1) is 5.75 Å². The van der Waals surface area contributed by atoms with Gasteiger partial charge in [0.2, 0.25) is 5.91 Å². The standard InChI is InChI=1S/C20H20ClN3O3S/c1-3-24(4-2)19(26)13-6-5-7-15(10-13)22-18(25)12-28-20-23-16-9-8-14(21)11-17(16)27-20/h5-11H,3-4,12H2,1-2H3,(H,22,25). The zero-order valence-electron chi connectivity index (χ0n) is 15.6. The minimum absolute atomic E-state index is 0.0550. The molecule has 0 radical (unpaired) electrons. The van der Waals surface area contributed by atoms with Gasteiger partial charge in [-0.05, 0) is 44.2 Å². The zero-order chi connectivity index (χ0) is 20.1. The van der Waals surface area contributed by atoms with Gasteiger partial charge in [-0.15, -0.1) is 0 Å². The summed E-state index contributed by atoms with van der Waals surface area (Å²) in [5.41, 5.74) is 2.39. The van der Waals surface area contributed by atoms with Crippen molar-refractivity contribution < 1.29 is 14.0 Å². The Hall–Kier alpha value is -2.51. The van der Waals surface area contributed by atoms with Crippen LogP contribution in [0.3, 0.4) is 0 Å². The highest BCUT2D eigenvalue weighted by molar-refractivity contribution is 7.99. The highest BCUT2D eigenvalue weighted by atomic mass is 35.5. The monoisotopic (exact) mass is 417 g/mol. The van der Waals surface area contributed by atoms with E-state index in [-0.39, 0.29) is 17.6 Å². The maximum atomic E-state index is 12.4. The first-order chi connectivity index (χ1) is 13.5. The van der Waals surface area contributed by atoms with E-state index in [0.717, 1.165) is 0 Å². The van der Waals surface area contributed by atoms with E-state index in [1.807, 2.05) is 13.8 Å². The van der Waals surface area contributed by atoms with Gasteiger partial charge >= 0.3 is 0 Å². The third-order valence-electron chi connectivity index (χ3n) is 4.10. The quantitative estimate of drug-likeness (QED) is 0.564. The summed E-state index contributed by atoms with van der Waals surface area (Å²) < 4.78 is 5.59. The summed E-state index contributed by atoms with van der Waals surface area (Å²) in [6.07, 6.45) is 0. The molecule has 0 aliphatic heterocycles. The first-order valence-corrected chi connectivity index (χ1v) is 10.2. The fraction of sp³-hybridized carbons (Fsp3) is 0.250. The van der Waals surface area contributed by atoms with Crippen LogP contribution in [0.5, 0.6) is 0 Å². The van der Waals surface area contributed by atoms with Gasteiger partial charge < -0.3 is 14.6 Å². The Morgan fingerprint density at radius 3 is 2.71 bits per heavy atom. The van der Waals surface area contributed by atoms with E-state index in [2.05, 4.69) is 10.3 Å². The summed E-state index contributed by atoms with van der Waals surface area (Å²) in [5.74, 6) is -0.132. The molecular weight excluding hydrogens is 398 g/mol. The van der Waals surface area contributed by atoms with E-state index in [9.17, 15) is 9.59 Å². The van der Waals surface area contributed by atoms with Crippen LogP contribution in [0.1, 0.15) is 24.2 Å². The maximum Gasteiger partial charge on any atom is 0.257 e. The molecule has 0 atom stereocenters. The normalized spacial score (nSPS) is 10.8. The molecule has 1 N–H and O–H groups in total. The Balaban J connectivity index is 1.61. The Morgan fingerprint density at radius 1 is 1.18 bits per heavy atom. The topological polar surface area (TPSA) is 75.4 Å². The van der Waals surface area contributed by atoms with Gasteiger partial charge in [0.15, 0.2) is 5.58 Å². The second kappa shape index (κ2) is 9.12. The number of benzene rings is 2. The van der Waals surface area contributed by atoms with Crippen LogP contribution in [0.15, 0.2) is 52.1 Å². The van der Waals surface area contributed by atoms with E-state index >= 15 is 0 Å². The Bertz CT molecular complexity index is 1000. The average Bonchev–Trinajstić information content (AvgIpc) is 3.09. The number of hydrogen-bond acceptors (Lipinski definition) is 5. The largest absolute Gasteiger partial charge is 0.431 e. The summed E-state index contributed by atoms with van der Waals surface area (Å²) in [7, 11) is 0. The van der Waals surface area contributed by atoms with Gasteiger partial charge in [-0.1, -0.05) is 29.4 Å². The molecule has 0 spiro atoms. The third-order valence-corrected chi connectivity index (χ3v) is 5.16. The van der Waals surface area contributed by atoms with E-state index < -0.39 is 0 Å². The molecule has 8 heteroatoms. The van der Waals surface area contributed by atoms with Gasteiger partial charge in [-0.3, -0.25) is 9.59 Å². The molecule has 0 aliphatic carbocycles. The van der Waals surface area contributed by atoms with Crippen molar-refractivity contribution in [1.29, 1.82) is 0 Å². The summed E-state index contributed by atoms with van der Waals surface area (Å²) in [5, 5.41) is 3.77. The molecular formula is C20H20ClN3O3S. The number of oxazole rings is 1. The van der Waals surface area contributed by atoms with Crippen LogP contribution in [0.4, 0.5) is 5.69 Å². The van der Waals surface area contributed by atoms with Gasteiger partial charge in [0, 0.05) is 35.4 Å². The minimum Gasteiger partial charge on any atom is -0.431 e. The number of nitrogens with one attached hydrogen (secondary N) is 1. The number of carbonyl (C=O) groups is 2. The van der Waals surface area contributed by atoms with E-state index in [1.54, 1.807) is 47.4 Å². The van der Waals surface area contributed by atoms with Gasteiger partial charge in [-0.25, -0.2) is 4.98 Å². The van der Waals surface area contributed by atoms with E-state index in [4.69, 9.17) is 16.0 Å². The number of fused-ring (bicyclic) bond motifs is 1. The molecule has 3 aromatic rings. The molecule has 2 amide bonds. The molecule has 0 saturated carbocycles. The number of amides is 2. The highest BCUT2D eigenvalue weighted by Crippen LogP contribution is 2.25. The van der Waals surface area contributed by atoms with Crippen LogP contribution in [0.25, 0.3) is 11.1 Å². The van der Waals surface area contributed by atoms with Crippen molar-refractivity contribution in [2.24, 2.45) is 0 Å². The van der Waals surface area contributed by atoms with Crippen LogP contribution >= 0.6 is 23.4 Å². The fourth-order valence-electron chi connectivity index (χ4n) is 2.69. The van der Waals surface area contributed by atoms with Crippen molar-refractivity contribution in [3.05, 3.63) is 53.1 Å². The predicted octanol–water partition coefficient (Wildman–Crippen LogP) is 4.69. The number of thioether (sulfide) groups is 1. The number of nitrogens with zero attached hydrogens (tertiary/aromatic N) is 2. The lowest BCUT2D eigenvalue weighted by molar-refractivity contribution is -0.113. The Labute approximate surface area is 172 Å². The number of anilines is 1. The Kier molecular flexibility index (Phi) is 6.59. The van der Waals surface area contributed by atoms with E-state index in [0.29, 0.717) is 45.7 Å². The first-order valence-electron chi connectivity index (χ1n) is 8.88. The number of rotatable bonds is 7. The number of halogens is 1. The van der Waals surface area contributed by atoms with E-state index in [1.165, 1.54) is 11.8 Å². The number of carbonyl (C=O) groups excluding carboxylic acids is 2. The molecule has 146 valence electrons. The van der Waals surface area contributed by atoms with Crippen molar-refractivity contribution in [1.82, 2.24) is 9.88 Å². The molecule has 0 unspecified atom stereocenters. The second-order valence-electron chi connectivity index (χ2n) is 5.99. The molecule has 2 aromatic carbocycles. The third kappa shape index (κ3) is 4.85. The molecule has 3 rings (SSSR count). The van der Waals surface area contributed by atoms with Crippen molar-refractivity contribution in [2.75, 3.05) is 24.2 Å². The molecule has 6 nitrogen and oxygen atoms in total. The van der Waals surface area contributed by atoms with Crippen LogP contribution in [-0.4, -0.2) is 40.5 Å². The summed E-state index contributed by atoms with van der Waals surface area (Å²) >= 11 is 7.13.